The van der Waals surface area contributed by atoms with E-state index in [2.05, 4.69) is 15.4 Å². The molecule has 0 saturated carbocycles. The van der Waals surface area contributed by atoms with E-state index in [1.165, 1.54) is 13.2 Å². The standard InChI is InChI=1S/C19H26N2O5/c1-19(2,3)26-18(24)21-15(12-14-8-6-5-7-9-14)10-11-16(22)20-13-17(23)25-4/h5-11,15H,12-13H2,1-4H3,(H,20,22)(H,21,24)/b11-10+. The van der Waals surface area contributed by atoms with Gasteiger partial charge in [-0.2, -0.15) is 0 Å². The number of alkyl carbamates (subject to hydrolysis) is 1. The number of esters is 1. The average molecular weight is 362 g/mol. The monoisotopic (exact) mass is 362 g/mol. The minimum atomic E-state index is -0.622. The Morgan fingerprint density at radius 2 is 1.81 bits per heavy atom. The molecule has 0 radical (unpaired) electrons. The van der Waals surface area contributed by atoms with Crippen LogP contribution in [0.1, 0.15) is 26.3 Å². The summed E-state index contributed by atoms with van der Waals surface area (Å²) in [4.78, 5) is 34.9. The number of hydrogen-bond donors (Lipinski definition) is 2. The van der Waals surface area contributed by atoms with Crippen LogP contribution in [0.15, 0.2) is 42.5 Å². The molecule has 0 fully saturated rings. The van der Waals surface area contributed by atoms with Crippen molar-refractivity contribution >= 4 is 18.0 Å². The first-order valence-electron chi connectivity index (χ1n) is 8.26. The zero-order chi connectivity index (χ0) is 19.6. The first-order chi connectivity index (χ1) is 12.2. The number of methoxy groups -OCH3 is 1. The first-order valence-corrected chi connectivity index (χ1v) is 8.26. The van der Waals surface area contributed by atoms with Crippen LogP contribution in [0.5, 0.6) is 0 Å². The molecule has 1 atom stereocenters. The lowest BCUT2D eigenvalue weighted by atomic mass is 10.1. The van der Waals surface area contributed by atoms with E-state index in [1.54, 1.807) is 26.8 Å². The van der Waals surface area contributed by atoms with Crippen LogP contribution in [0.25, 0.3) is 0 Å². The predicted octanol–water partition coefficient (Wildman–Crippen LogP) is 1.97. The highest BCUT2D eigenvalue weighted by atomic mass is 16.6. The Balaban J connectivity index is 2.73. The number of benzene rings is 1. The number of amides is 2. The highest BCUT2D eigenvalue weighted by Gasteiger charge is 2.18. The molecule has 0 saturated heterocycles. The van der Waals surface area contributed by atoms with E-state index in [1.807, 2.05) is 30.3 Å². The second-order valence-corrected chi connectivity index (χ2v) is 6.60. The van der Waals surface area contributed by atoms with E-state index in [9.17, 15) is 14.4 Å². The molecule has 1 aromatic rings. The number of rotatable bonds is 7. The molecule has 0 aliphatic carbocycles. The average Bonchev–Trinajstić information content (AvgIpc) is 2.56. The van der Waals surface area contributed by atoms with E-state index in [0.717, 1.165) is 5.56 Å². The fraction of sp³-hybridized carbons (Fsp3) is 0.421. The molecule has 7 nitrogen and oxygen atoms in total. The minimum absolute atomic E-state index is 0.220. The third-order valence-electron chi connectivity index (χ3n) is 3.12. The smallest absolute Gasteiger partial charge is 0.408 e. The van der Waals surface area contributed by atoms with Crippen LogP contribution >= 0.6 is 0 Å². The summed E-state index contributed by atoms with van der Waals surface area (Å²) in [6.45, 7) is 5.10. The molecular weight excluding hydrogens is 336 g/mol. The van der Waals surface area contributed by atoms with Crippen LogP contribution in [0, 0.1) is 0 Å². The molecule has 142 valence electrons. The molecule has 26 heavy (non-hydrogen) atoms. The summed E-state index contributed by atoms with van der Waals surface area (Å²) < 4.78 is 9.71. The minimum Gasteiger partial charge on any atom is -0.468 e. The van der Waals surface area contributed by atoms with Gasteiger partial charge in [-0.25, -0.2) is 4.79 Å². The third-order valence-corrected chi connectivity index (χ3v) is 3.12. The van der Waals surface area contributed by atoms with Crippen molar-refractivity contribution in [3.8, 4) is 0 Å². The summed E-state index contributed by atoms with van der Waals surface area (Å²) in [5.74, 6) is -1.00. The predicted molar refractivity (Wildman–Crippen MR) is 97.5 cm³/mol. The van der Waals surface area contributed by atoms with E-state index in [0.29, 0.717) is 6.42 Å². The first kappa shape index (κ1) is 21.2. The van der Waals surface area contributed by atoms with E-state index in [4.69, 9.17) is 4.74 Å². The van der Waals surface area contributed by atoms with Gasteiger partial charge in [0.2, 0.25) is 5.91 Å². The SMILES string of the molecule is COC(=O)CNC(=O)/C=C/C(Cc1ccccc1)NC(=O)OC(C)(C)C. The molecular formula is C19H26N2O5. The van der Waals surface area contributed by atoms with Crippen LogP contribution in [-0.2, 0) is 25.5 Å². The Bertz CT molecular complexity index is 635. The maximum atomic E-state index is 12.0. The van der Waals surface area contributed by atoms with Gasteiger partial charge < -0.3 is 20.1 Å². The van der Waals surface area contributed by atoms with Gasteiger partial charge in [-0.1, -0.05) is 36.4 Å². The van der Waals surface area contributed by atoms with Gasteiger partial charge in [0.15, 0.2) is 0 Å². The van der Waals surface area contributed by atoms with E-state index < -0.39 is 29.6 Å². The van der Waals surface area contributed by atoms with E-state index in [-0.39, 0.29) is 6.54 Å². The lowest BCUT2D eigenvalue weighted by Crippen LogP contribution is -2.39. The Labute approximate surface area is 153 Å². The molecule has 7 heteroatoms. The van der Waals surface area contributed by atoms with Gasteiger partial charge in [0.05, 0.1) is 13.2 Å². The summed E-state index contributed by atoms with van der Waals surface area (Å²) in [6.07, 6.45) is 2.75. The van der Waals surface area contributed by atoms with Crippen molar-refractivity contribution in [2.24, 2.45) is 0 Å². The summed E-state index contributed by atoms with van der Waals surface area (Å²) in [5.41, 5.74) is 0.372. The third kappa shape index (κ3) is 9.46. The summed E-state index contributed by atoms with van der Waals surface area (Å²) in [5, 5.41) is 5.13. The van der Waals surface area contributed by atoms with Crippen LogP contribution in [0.2, 0.25) is 0 Å². The largest absolute Gasteiger partial charge is 0.468 e. The van der Waals surface area contributed by atoms with Crippen molar-refractivity contribution in [3.63, 3.8) is 0 Å². The fourth-order valence-corrected chi connectivity index (χ4v) is 1.99. The van der Waals surface area contributed by atoms with E-state index >= 15 is 0 Å². The number of hydrogen-bond acceptors (Lipinski definition) is 5. The summed E-state index contributed by atoms with van der Waals surface area (Å²) in [6, 6.07) is 9.09. The number of nitrogens with one attached hydrogen (secondary N) is 2. The van der Waals surface area contributed by atoms with Crippen molar-refractivity contribution in [3.05, 3.63) is 48.0 Å². The Kier molecular flexibility index (Phi) is 8.34. The highest BCUT2D eigenvalue weighted by molar-refractivity contribution is 5.90. The van der Waals surface area contributed by atoms with Gasteiger partial charge in [0, 0.05) is 6.08 Å². The van der Waals surface area contributed by atoms with Crippen LogP contribution in [-0.4, -0.2) is 43.3 Å². The molecule has 0 aromatic heterocycles. The topological polar surface area (TPSA) is 93.7 Å². The van der Waals surface area contributed by atoms with Crippen molar-refractivity contribution in [2.75, 3.05) is 13.7 Å². The van der Waals surface area contributed by atoms with Gasteiger partial charge in [0.1, 0.15) is 12.1 Å². The normalized spacial score (nSPS) is 12.3. The van der Waals surface area contributed by atoms with Crippen molar-refractivity contribution < 1.29 is 23.9 Å². The molecule has 0 bridgehead atoms. The van der Waals surface area contributed by atoms with Crippen molar-refractivity contribution in [2.45, 2.75) is 38.8 Å². The Morgan fingerprint density at radius 1 is 1.15 bits per heavy atom. The lowest BCUT2D eigenvalue weighted by Gasteiger charge is -2.22. The zero-order valence-corrected chi connectivity index (χ0v) is 15.6. The molecule has 2 amide bonds. The Hall–Kier alpha value is -2.83. The molecule has 0 aliphatic heterocycles. The summed E-state index contributed by atoms with van der Waals surface area (Å²) in [7, 11) is 1.24. The van der Waals surface area contributed by atoms with Crippen LogP contribution < -0.4 is 10.6 Å². The molecule has 1 unspecified atom stereocenters. The van der Waals surface area contributed by atoms with Gasteiger partial charge >= 0.3 is 12.1 Å². The van der Waals surface area contributed by atoms with Gasteiger partial charge in [-0.3, -0.25) is 9.59 Å². The lowest BCUT2D eigenvalue weighted by molar-refractivity contribution is -0.140. The highest BCUT2D eigenvalue weighted by Crippen LogP contribution is 2.09. The fourth-order valence-electron chi connectivity index (χ4n) is 1.99. The van der Waals surface area contributed by atoms with Gasteiger partial charge in [-0.15, -0.1) is 0 Å². The second kappa shape index (κ2) is 10.2. The number of carbonyl (C=O) groups is 3. The number of carbonyl (C=O) groups excluding carboxylic acids is 3. The second-order valence-electron chi connectivity index (χ2n) is 6.60. The molecule has 0 spiro atoms. The zero-order valence-electron chi connectivity index (χ0n) is 15.6. The van der Waals surface area contributed by atoms with Crippen molar-refractivity contribution in [1.29, 1.82) is 0 Å². The maximum absolute atomic E-state index is 12.0. The van der Waals surface area contributed by atoms with Crippen LogP contribution in [0.4, 0.5) is 4.79 Å². The van der Waals surface area contributed by atoms with Crippen LogP contribution in [0.3, 0.4) is 0 Å². The van der Waals surface area contributed by atoms with Gasteiger partial charge in [-0.05, 0) is 32.8 Å². The molecule has 1 rings (SSSR count). The Morgan fingerprint density at radius 3 is 2.38 bits per heavy atom. The maximum Gasteiger partial charge on any atom is 0.408 e. The molecule has 2 N–H and O–H groups in total. The molecule has 0 aliphatic rings. The van der Waals surface area contributed by atoms with Crippen molar-refractivity contribution in [1.82, 2.24) is 10.6 Å². The summed E-state index contributed by atoms with van der Waals surface area (Å²) >= 11 is 0. The van der Waals surface area contributed by atoms with Gasteiger partial charge in [0.25, 0.3) is 0 Å². The molecule has 1 aromatic carbocycles. The number of ether oxygens (including phenoxy) is 2. The molecule has 0 heterocycles. The quantitative estimate of drug-likeness (QED) is 0.571.